The molecular weight excluding hydrogens is 565 g/mol. The highest BCUT2D eigenvalue weighted by Gasteiger charge is 2.38. The Balaban J connectivity index is 0.000000745. The predicted molar refractivity (Wildman–Crippen MR) is 148 cm³/mol. The molecule has 0 unspecified atom stereocenters. The molecule has 3 aromatic rings. The van der Waals surface area contributed by atoms with Crippen LogP contribution in [0.15, 0.2) is 77.7 Å². The van der Waals surface area contributed by atoms with Gasteiger partial charge in [-0.25, -0.2) is 18.0 Å². The zero-order chi connectivity index (χ0) is 30.6. The maximum absolute atomic E-state index is 13.2. The first-order valence-electron chi connectivity index (χ1n) is 12.5. The molecule has 0 spiro atoms. The molecule has 0 heterocycles. The lowest BCUT2D eigenvalue weighted by Crippen LogP contribution is -2.26. The molecule has 9 nitrogen and oxygen atoms in total. The Kier molecular flexibility index (Phi) is 12.0. The lowest BCUT2D eigenvalue weighted by Gasteiger charge is -2.28. The van der Waals surface area contributed by atoms with Crippen LogP contribution in [0.4, 0.5) is 24.5 Å². The van der Waals surface area contributed by atoms with Gasteiger partial charge in [-0.1, -0.05) is 43.7 Å². The Labute approximate surface area is 236 Å². The van der Waals surface area contributed by atoms with Gasteiger partial charge in [0.05, 0.1) is 28.4 Å². The number of nitrogens with one attached hydrogen (secondary N) is 1. The van der Waals surface area contributed by atoms with Crippen LogP contribution < -0.4 is 14.4 Å². The summed E-state index contributed by atoms with van der Waals surface area (Å²) in [4.78, 5) is 22.7. The number of aromatic carboxylic acids is 1. The van der Waals surface area contributed by atoms with Crippen LogP contribution in [0.25, 0.3) is 0 Å². The Morgan fingerprint density at radius 3 is 2.07 bits per heavy atom. The van der Waals surface area contributed by atoms with Crippen LogP contribution in [0.3, 0.4) is 0 Å². The van der Waals surface area contributed by atoms with Gasteiger partial charge in [-0.15, -0.1) is 0 Å². The van der Waals surface area contributed by atoms with E-state index >= 15 is 0 Å². The van der Waals surface area contributed by atoms with Crippen molar-refractivity contribution in [2.75, 3.05) is 22.8 Å². The zero-order valence-electron chi connectivity index (χ0n) is 22.4. The van der Waals surface area contributed by atoms with Crippen molar-refractivity contribution in [2.45, 2.75) is 44.3 Å². The second-order valence-corrected chi connectivity index (χ2v) is 10.3. The molecule has 0 fully saturated rings. The normalized spacial score (nSPS) is 11.1. The average Bonchev–Trinajstić information content (AvgIpc) is 2.92. The van der Waals surface area contributed by atoms with Crippen molar-refractivity contribution in [3.63, 3.8) is 0 Å². The highest BCUT2D eigenvalue weighted by Crippen LogP contribution is 2.31. The van der Waals surface area contributed by atoms with Gasteiger partial charge in [-0.2, -0.15) is 13.2 Å². The Bertz CT molecular complexity index is 1400. The molecule has 0 aliphatic rings. The lowest BCUT2D eigenvalue weighted by atomic mass is 10.1. The van der Waals surface area contributed by atoms with Crippen molar-refractivity contribution in [1.82, 2.24) is 0 Å². The second-order valence-electron chi connectivity index (χ2n) is 8.61. The topological polar surface area (TPSA) is 133 Å². The third-order valence-corrected chi connectivity index (χ3v) is 6.90. The minimum Gasteiger partial charge on any atom is -0.494 e. The summed E-state index contributed by atoms with van der Waals surface area (Å²) in [6.07, 6.45) is -3.22. The van der Waals surface area contributed by atoms with Gasteiger partial charge >= 0.3 is 18.1 Å². The summed E-state index contributed by atoms with van der Waals surface area (Å²) in [5.74, 6) is -3.31. The molecule has 0 aliphatic heterocycles. The Hall–Kier alpha value is -4.26. The van der Waals surface area contributed by atoms with E-state index in [2.05, 4.69) is 16.5 Å². The second kappa shape index (κ2) is 14.9. The van der Waals surface area contributed by atoms with Crippen molar-refractivity contribution in [2.24, 2.45) is 0 Å². The van der Waals surface area contributed by atoms with E-state index in [4.69, 9.17) is 14.6 Å². The van der Waals surface area contributed by atoms with E-state index in [-0.39, 0.29) is 16.1 Å². The molecule has 0 radical (unpaired) electrons. The molecule has 0 bridgehead atoms. The number of ether oxygens (including phenoxy) is 1. The number of benzene rings is 3. The molecule has 0 saturated heterocycles. The number of alkyl halides is 3. The third-order valence-electron chi connectivity index (χ3n) is 5.51. The van der Waals surface area contributed by atoms with Gasteiger partial charge in [-0.3, -0.25) is 4.72 Å². The molecule has 3 N–H and O–H groups in total. The van der Waals surface area contributed by atoms with E-state index in [0.717, 1.165) is 18.4 Å². The first-order chi connectivity index (χ1) is 19.3. The number of anilines is 2. The van der Waals surface area contributed by atoms with E-state index in [1.54, 1.807) is 18.2 Å². The number of carbonyl (C=O) groups is 2. The van der Waals surface area contributed by atoms with Gasteiger partial charge in [0.15, 0.2) is 0 Å². The fourth-order valence-corrected chi connectivity index (χ4v) is 4.61. The number of nitrogens with zero attached hydrogens (tertiary/aromatic N) is 1. The third kappa shape index (κ3) is 10.3. The molecule has 3 rings (SSSR count). The molecule has 41 heavy (non-hydrogen) atoms. The minimum atomic E-state index is -5.08. The average molecular weight is 597 g/mol. The first kappa shape index (κ1) is 32.9. The number of sulfonamides is 1. The first-order valence-corrected chi connectivity index (χ1v) is 14.0. The number of aliphatic carboxylic acids is 1. The fourth-order valence-electron chi connectivity index (χ4n) is 3.55. The standard InChI is InChI=1S/C26H30N2O5S.C2HF3O2/c1-3-5-17-28(19-20-9-7-6-8-10-20)25-16-11-21(26(29)30)18-24(25)27-34(31,32)23-14-12-22(13-15-23)33-4-2;3-2(4,5)1(6)7/h6-16,18,27H,3-5,17,19H2,1-2H3,(H,29,30);(H,6,7). The van der Waals surface area contributed by atoms with Crippen molar-refractivity contribution < 1.29 is 46.1 Å². The van der Waals surface area contributed by atoms with Gasteiger partial charge in [0, 0.05) is 13.1 Å². The SMILES string of the molecule is CCCCN(Cc1ccccc1)c1ccc(C(=O)O)cc1NS(=O)(=O)c1ccc(OCC)cc1.O=C(O)C(F)(F)F. The summed E-state index contributed by atoms with van der Waals surface area (Å²) in [7, 11) is -3.96. The van der Waals surface area contributed by atoms with Crippen LogP contribution in [0.2, 0.25) is 0 Å². The van der Waals surface area contributed by atoms with E-state index in [1.165, 1.54) is 24.3 Å². The van der Waals surface area contributed by atoms with Gasteiger partial charge in [0.2, 0.25) is 0 Å². The summed E-state index contributed by atoms with van der Waals surface area (Å²) in [6.45, 7) is 5.66. The van der Waals surface area contributed by atoms with Gasteiger partial charge in [0.25, 0.3) is 10.0 Å². The van der Waals surface area contributed by atoms with Crippen molar-refractivity contribution in [3.8, 4) is 5.75 Å². The maximum Gasteiger partial charge on any atom is 0.490 e. The smallest absolute Gasteiger partial charge is 0.490 e. The summed E-state index contributed by atoms with van der Waals surface area (Å²) < 4.78 is 66.1. The quantitative estimate of drug-likeness (QED) is 0.231. The summed E-state index contributed by atoms with van der Waals surface area (Å²) in [5, 5.41) is 16.6. The molecule has 13 heteroatoms. The molecule has 0 saturated carbocycles. The summed E-state index contributed by atoms with van der Waals surface area (Å²) in [6, 6.07) is 20.5. The lowest BCUT2D eigenvalue weighted by molar-refractivity contribution is -0.192. The van der Waals surface area contributed by atoms with E-state index in [9.17, 15) is 31.5 Å². The summed E-state index contributed by atoms with van der Waals surface area (Å²) >= 11 is 0. The number of unbranched alkanes of at least 4 members (excludes halogenated alkanes) is 1. The molecular formula is C28H31F3N2O7S. The predicted octanol–water partition coefficient (Wildman–Crippen LogP) is 6.02. The number of rotatable bonds is 12. The number of carboxylic acid groups (broad SMARTS) is 2. The molecule has 0 aliphatic carbocycles. The molecule has 0 amide bonds. The zero-order valence-corrected chi connectivity index (χ0v) is 23.2. The Morgan fingerprint density at radius 2 is 1.56 bits per heavy atom. The van der Waals surface area contributed by atoms with E-state index < -0.39 is 28.1 Å². The van der Waals surface area contributed by atoms with Gasteiger partial charge in [0.1, 0.15) is 5.75 Å². The van der Waals surface area contributed by atoms with Crippen molar-refractivity contribution in [1.29, 1.82) is 0 Å². The number of halogens is 3. The molecule has 3 aromatic carbocycles. The molecule has 0 atom stereocenters. The molecule has 222 valence electrons. The Morgan fingerprint density at radius 1 is 0.951 bits per heavy atom. The van der Waals surface area contributed by atoms with E-state index in [0.29, 0.717) is 31.1 Å². The van der Waals surface area contributed by atoms with Crippen LogP contribution in [0, 0.1) is 0 Å². The maximum atomic E-state index is 13.2. The minimum absolute atomic E-state index is 0.00305. The number of hydrogen-bond donors (Lipinski definition) is 3. The van der Waals surface area contributed by atoms with Crippen LogP contribution >= 0.6 is 0 Å². The highest BCUT2D eigenvalue weighted by molar-refractivity contribution is 7.92. The largest absolute Gasteiger partial charge is 0.494 e. The summed E-state index contributed by atoms with van der Waals surface area (Å²) in [5.41, 5.74) is 1.92. The fraction of sp³-hybridized carbons (Fsp3) is 0.286. The van der Waals surface area contributed by atoms with Crippen LogP contribution in [0.1, 0.15) is 42.6 Å². The van der Waals surface area contributed by atoms with Crippen LogP contribution in [-0.2, 0) is 21.4 Å². The van der Waals surface area contributed by atoms with Crippen LogP contribution in [-0.4, -0.2) is 49.9 Å². The number of carboxylic acids is 2. The van der Waals surface area contributed by atoms with Crippen LogP contribution in [0.5, 0.6) is 5.75 Å². The van der Waals surface area contributed by atoms with E-state index in [1.807, 2.05) is 37.3 Å². The van der Waals surface area contributed by atoms with Crippen molar-refractivity contribution >= 4 is 33.3 Å². The monoisotopic (exact) mass is 596 g/mol. The van der Waals surface area contributed by atoms with Crippen molar-refractivity contribution in [3.05, 3.63) is 83.9 Å². The molecule has 0 aromatic heterocycles. The number of hydrogen-bond acceptors (Lipinski definition) is 6. The van der Waals surface area contributed by atoms with Gasteiger partial charge in [-0.05, 0) is 61.4 Å². The van der Waals surface area contributed by atoms with Gasteiger partial charge < -0.3 is 19.8 Å². The highest BCUT2D eigenvalue weighted by atomic mass is 32.2.